The third-order valence-corrected chi connectivity index (χ3v) is 12.4. The van der Waals surface area contributed by atoms with Crippen molar-refractivity contribution < 1.29 is 73.4 Å². The maximum atomic E-state index is 12.0. The van der Waals surface area contributed by atoms with Gasteiger partial charge in [-0.2, -0.15) is 0 Å². The monoisotopic (exact) mass is 1230 g/mol. The van der Waals surface area contributed by atoms with Crippen molar-refractivity contribution in [2.24, 2.45) is 0 Å². The lowest BCUT2D eigenvalue weighted by Crippen LogP contribution is -2.27. The second-order valence-corrected chi connectivity index (χ2v) is 19.2. The quantitative estimate of drug-likeness (QED) is 0.0250. The van der Waals surface area contributed by atoms with Gasteiger partial charge in [0.25, 0.3) is 5.91 Å². The summed E-state index contributed by atoms with van der Waals surface area (Å²) in [7, 11) is 1.59. The van der Waals surface area contributed by atoms with Gasteiger partial charge in [0.1, 0.15) is 23.7 Å². The normalized spacial score (nSPS) is 10.0. The second-order valence-electron chi connectivity index (χ2n) is 19.2. The van der Waals surface area contributed by atoms with E-state index in [9.17, 15) is 38.4 Å². The third-order valence-electron chi connectivity index (χ3n) is 12.4. The molecular weight excluding hydrogens is 1160 g/mol. The summed E-state index contributed by atoms with van der Waals surface area (Å²) in [5, 5.41) is 59.1. The summed E-state index contributed by atoms with van der Waals surface area (Å²) in [5.41, 5.74) is 8.85. The molecule has 466 valence electrons. The van der Waals surface area contributed by atoms with Crippen molar-refractivity contribution in [2.75, 3.05) is 46.9 Å². The number of Topliss-reactive ketones (excluding diaryl/α,β-unsaturated/α-hetero) is 1. The minimum absolute atomic E-state index is 0.0475. The van der Waals surface area contributed by atoms with E-state index >= 15 is 0 Å². The Labute approximate surface area is 524 Å². The first kappa shape index (κ1) is 69.5. The Morgan fingerprint density at radius 2 is 0.879 bits per heavy atom. The number of methoxy groups -OCH3 is 1. The van der Waals surface area contributed by atoms with Gasteiger partial charge in [0.2, 0.25) is 11.7 Å². The number of rotatable bonds is 20. The van der Waals surface area contributed by atoms with Crippen molar-refractivity contribution in [3.8, 4) is 5.75 Å². The number of nitrogens with one attached hydrogen (secondary N) is 5. The molecule has 21 nitrogen and oxygen atoms in total. The number of ether oxygens (including phenoxy) is 2. The first-order valence-corrected chi connectivity index (χ1v) is 27.7. The molecule has 91 heavy (non-hydrogen) atoms. The van der Waals surface area contributed by atoms with Crippen molar-refractivity contribution >= 4 is 99.1 Å². The maximum Gasteiger partial charge on any atom is 0.339 e. The molecule has 1 aromatic heterocycles. The average Bonchev–Trinajstić information content (AvgIpc) is 2.60. The van der Waals surface area contributed by atoms with Gasteiger partial charge in [0, 0.05) is 35.9 Å². The van der Waals surface area contributed by atoms with Crippen LogP contribution in [0.2, 0.25) is 0 Å². The number of hydrogen-bond acceptors (Lipinski definition) is 14. The second kappa shape index (κ2) is 36.0. The molecule has 21 heteroatoms. The zero-order valence-electron chi connectivity index (χ0n) is 50.0. The highest BCUT2D eigenvalue weighted by Gasteiger charge is 2.18. The van der Waals surface area contributed by atoms with Gasteiger partial charge < -0.3 is 61.6 Å². The van der Waals surface area contributed by atoms with Crippen LogP contribution in [0.25, 0.3) is 6.08 Å². The van der Waals surface area contributed by atoms with Gasteiger partial charge >= 0.3 is 29.8 Å². The van der Waals surface area contributed by atoms with Gasteiger partial charge in [0.15, 0.2) is 0 Å². The largest absolute Gasteiger partial charge is 0.496 e. The van der Waals surface area contributed by atoms with Crippen LogP contribution in [0.1, 0.15) is 81.0 Å². The molecule has 0 aliphatic rings. The van der Waals surface area contributed by atoms with Crippen molar-refractivity contribution in [1.82, 2.24) is 4.98 Å². The molecule has 0 spiro atoms. The van der Waals surface area contributed by atoms with E-state index in [4.69, 9.17) is 35.0 Å². The number of ketones is 1. The number of amides is 2. The van der Waals surface area contributed by atoms with Crippen LogP contribution < -0.4 is 31.3 Å². The van der Waals surface area contributed by atoms with Crippen LogP contribution in [-0.2, 0) is 19.1 Å². The van der Waals surface area contributed by atoms with E-state index in [0.29, 0.717) is 23.8 Å². The van der Waals surface area contributed by atoms with Crippen molar-refractivity contribution in [3.05, 3.63) is 269 Å². The summed E-state index contributed by atoms with van der Waals surface area (Å²) < 4.78 is 10.0. The number of anilines is 8. The Morgan fingerprint density at radius 3 is 1.36 bits per heavy atom. The fourth-order valence-electron chi connectivity index (χ4n) is 7.95. The molecule has 0 atom stereocenters. The smallest absolute Gasteiger partial charge is 0.339 e. The van der Waals surface area contributed by atoms with Crippen molar-refractivity contribution in [2.45, 2.75) is 27.7 Å². The fraction of sp³-hybridized carbons (Fsp3) is 0.100. The minimum atomic E-state index is -1.18. The Morgan fingerprint density at radius 1 is 0.451 bits per heavy atom. The van der Waals surface area contributed by atoms with Gasteiger partial charge in [-0.05, 0) is 159 Å². The molecule has 1 heterocycles. The van der Waals surface area contributed by atoms with Crippen molar-refractivity contribution in [3.63, 3.8) is 0 Å². The summed E-state index contributed by atoms with van der Waals surface area (Å²) in [6.45, 7) is 7.60. The topological polar surface area (TPSA) is 329 Å². The van der Waals surface area contributed by atoms with Crippen LogP contribution >= 0.6 is 0 Å². The molecular formula is C70H66N6O15. The van der Waals surface area contributed by atoms with E-state index in [0.717, 1.165) is 45.1 Å². The predicted octanol–water partition coefficient (Wildman–Crippen LogP) is 13.7. The predicted molar refractivity (Wildman–Crippen MR) is 349 cm³/mol. The minimum Gasteiger partial charge on any atom is -0.496 e. The summed E-state index contributed by atoms with van der Waals surface area (Å²) in [6.07, 6.45) is 4.55. The molecule has 0 radical (unpaired) electrons. The number of carbonyl (C=O) groups excluding carboxylic acids is 3. The molecule has 0 fully saturated rings. The summed E-state index contributed by atoms with van der Waals surface area (Å²) in [4.78, 5) is 93.8. The molecule has 0 unspecified atom stereocenters. The first-order valence-electron chi connectivity index (χ1n) is 27.7. The number of benzene rings is 8. The third kappa shape index (κ3) is 23.2. The molecule has 0 aliphatic carbocycles. The molecule has 2 amide bonds. The zero-order chi connectivity index (χ0) is 66.2. The highest BCUT2D eigenvalue weighted by Crippen LogP contribution is 2.25. The summed E-state index contributed by atoms with van der Waals surface area (Å²) >= 11 is 0. The van der Waals surface area contributed by atoms with Crippen LogP contribution in [-0.4, -0.2) is 98.3 Å². The highest BCUT2D eigenvalue weighted by atomic mass is 16.5. The van der Waals surface area contributed by atoms with Crippen molar-refractivity contribution in [1.29, 1.82) is 0 Å². The number of carbonyl (C=O) groups is 8. The van der Waals surface area contributed by atoms with Gasteiger partial charge in [-0.25, -0.2) is 29.0 Å². The Kier molecular flexibility index (Phi) is 27.5. The van der Waals surface area contributed by atoms with Crippen LogP contribution in [0.5, 0.6) is 5.75 Å². The van der Waals surface area contributed by atoms with E-state index in [1.54, 1.807) is 99.1 Å². The molecule has 0 saturated carbocycles. The van der Waals surface area contributed by atoms with E-state index in [2.05, 4.69) is 31.6 Å². The van der Waals surface area contributed by atoms with E-state index in [1.165, 1.54) is 36.4 Å². The Hall–Kier alpha value is -12.2. The Balaban J connectivity index is 0.000000208. The molecule has 0 bridgehead atoms. The lowest BCUT2D eigenvalue weighted by atomic mass is 10.1. The fourth-order valence-corrected chi connectivity index (χ4v) is 7.95. The number of aryl methyl sites for hydroxylation is 3. The van der Waals surface area contributed by atoms with E-state index in [1.807, 2.05) is 124 Å². The van der Waals surface area contributed by atoms with Crippen LogP contribution in [0, 0.1) is 20.8 Å². The van der Waals surface area contributed by atoms with Gasteiger partial charge in [-0.15, -0.1) is 0 Å². The average molecular weight is 1230 g/mol. The number of aromatic nitrogens is 1. The van der Waals surface area contributed by atoms with Crippen LogP contribution in [0.3, 0.4) is 0 Å². The number of aromatic carboxylic acids is 5. The summed E-state index contributed by atoms with van der Waals surface area (Å²) in [5.74, 6) is -6.08. The highest BCUT2D eigenvalue weighted by molar-refractivity contribution is 6.41. The maximum absolute atomic E-state index is 12.0. The molecule has 0 aliphatic heterocycles. The molecule has 10 N–H and O–H groups in total. The number of hydrogen-bond donors (Lipinski definition) is 10. The summed E-state index contributed by atoms with van der Waals surface area (Å²) in [6, 6.07) is 59.5. The number of nitrogens with zero attached hydrogens (tertiary/aromatic N) is 1. The van der Waals surface area contributed by atoms with E-state index < -0.39 is 47.4 Å². The lowest BCUT2D eigenvalue weighted by molar-refractivity contribution is -0.137. The van der Waals surface area contributed by atoms with Gasteiger partial charge in [0.05, 0.1) is 52.1 Å². The number of pyridine rings is 1. The SMILES string of the molecule is CCOCC(=O)C(=O)Nc1ccccc1C(=O)O.COc1cc(/C=C/C(=O)Nc2ccccc2C(=O)O)ccc1C.Cc1cccc(Nc2ccccc2C(=O)O)c1.Cc1cccc(Nc2ncccc2C(=O)O)c1.O=C(O)c1ccccc1Nc1ccccc1. The van der Waals surface area contributed by atoms with Gasteiger partial charge in [-0.3, -0.25) is 14.4 Å². The standard InChI is InChI=1S/C18H17NO4.C14H13NO2.C13H12N2O2.C13H11NO2.C12H13NO5/c1-12-7-8-13(11-16(12)23-2)9-10-17(20)19-15-6-4-3-5-14(15)18(21)22;1-10-5-4-6-11(9-10)15-13-8-3-2-7-12(13)14(16)17;1-9-4-2-5-10(8-9)15-12-11(13(16)17)6-3-7-14-12;15-13(16)11-8-4-5-9-12(11)14-10-6-2-1-3-7-10;1-2-18-7-10(14)11(15)13-9-6-4-3-5-8(9)12(16)17/h3-11H,1-2H3,(H,19,20)(H,21,22);2-9,15H,1H3,(H,16,17);2-8H,1H3,(H,14,15)(H,16,17);1-9,14H,(H,15,16);3-6H,2,7H2,1H3,(H,13,15)(H,16,17)/b10-9+;;;;. The molecule has 9 aromatic rings. The molecule has 9 rings (SSSR count). The van der Waals surface area contributed by atoms with Gasteiger partial charge in [-0.1, -0.05) is 103 Å². The molecule has 8 aromatic carbocycles. The van der Waals surface area contributed by atoms with Crippen LogP contribution in [0.4, 0.5) is 45.6 Å². The Bertz CT molecular complexity index is 3920. The zero-order valence-corrected chi connectivity index (χ0v) is 50.0. The first-order chi connectivity index (χ1) is 43.7. The lowest BCUT2D eigenvalue weighted by Gasteiger charge is -2.09. The van der Waals surface area contributed by atoms with E-state index in [-0.39, 0.29) is 45.8 Å². The number of para-hydroxylation sites is 5. The number of carboxylic acids is 5. The molecule has 0 saturated heterocycles. The number of carboxylic acid groups (broad SMARTS) is 5. The van der Waals surface area contributed by atoms with Crippen LogP contribution in [0.15, 0.2) is 219 Å².